The van der Waals surface area contributed by atoms with E-state index in [1.165, 1.54) is 0 Å². The van der Waals surface area contributed by atoms with Gasteiger partial charge in [-0.15, -0.1) is 0 Å². The molecule has 2 N–H and O–H groups in total. The van der Waals surface area contributed by atoms with Crippen molar-refractivity contribution in [1.29, 1.82) is 0 Å². The number of nitrogens with one attached hydrogen (secondary N) is 2. The molecule has 0 saturated heterocycles. The third kappa shape index (κ3) is 7.08. The summed E-state index contributed by atoms with van der Waals surface area (Å²) in [6.07, 6.45) is 0.819. The average Bonchev–Trinajstić information content (AvgIpc) is 2.74. The summed E-state index contributed by atoms with van der Waals surface area (Å²) in [5.74, 6) is 0.950. The molecule has 0 aliphatic rings. The number of hydrogen-bond donors (Lipinski definition) is 2. The van der Waals surface area contributed by atoms with E-state index >= 15 is 0 Å². The summed E-state index contributed by atoms with van der Waals surface area (Å²) < 4.78 is 16.1. The lowest BCUT2D eigenvalue weighted by Crippen LogP contribution is -2.28. The molecule has 0 spiro atoms. The highest BCUT2D eigenvalue weighted by Crippen LogP contribution is 2.29. The topological polar surface area (TPSA) is 85.9 Å². The number of methoxy groups -OCH3 is 1. The molecule has 2 aromatic carbocycles. The van der Waals surface area contributed by atoms with E-state index in [-0.39, 0.29) is 18.2 Å². The van der Waals surface area contributed by atoms with Crippen LogP contribution < -0.4 is 20.1 Å². The summed E-state index contributed by atoms with van der Waals surface area (Å²) in [4.78, 5) is 24.8. The lowest BCUT2D eigenvalue weighted by molar-refractivity contribution is -0.116. The average molecular weight is 415 g/mol. The summed E-state index contributed by atoms with van der Waals surface area (Å²) in [6, 6.07) is 12.6. The van der Waals surface area contributed by atoms with Crippen LogP contribution in [0.3, 0.4) is 0 Å². The summed E-state index contributed by atoms with van der Waals surface area (Å²) in [6.45, 7) is 5.75. The van der Waals surface area contributed by atoms with Gasteiger partial charge in [-0.3, -0.25) is 9.59 Å². The predicted molar refractivity (Wildman–Crippen MR) is 116 cm³/mol. The molecule has 0 aliphatic heterocycles. The Morgan fingerprint density at radius 1 is 0.967 bits per heavy atom. The molecule has 0 atom stereocenters. The molecule has 30 heavy (non-hydrogen) atoms. The highest BCUT2D eigenvalue weighted by molar-refractivity contribution is 6.03. The molecule has 0 fully saturated rings. The third-order valence-electron chi connectivity index (χ3n) is 4.29. The number of carbonyl (C=O) groups is 2. The highest BCUT2D eigenvalue weighted by Gasteiger charge is 2.13. The maximum Gasteiger partial charge on any atom is 0.253 e. The fourth-order valence-electron chi connectivity index (χ4n) is 2.87. The zero-order valence-electron chi connectivity index (χ0n) is 17.8. The van der Waals surface area contributed by atoms with Crippen molar-refractivity contribution in [2.75, 3.05) is 38.8 Å². The van der Waals surface area contributed by atoms with Crippen molar-refractivity contribution in [3.63, 3.8) is 0 Å². The first-order valence-electron chi connectivity index (χ1n) is 10.1. The van der Waals surface area contributed by atoms with Crippen molar-refractivity contribution in [1.82, 2.24) is 5.32 Å². The van der Waals surface area contributed by atoms with Gasteiger partial charge in [-0.2, -0.15) is 0 Å². The molecule has 2 amide bonds. The van der Waals surface area contributed by atoms with Gasteiger partial charge in [-0.1, -0.05) is 18.2 Å². The number of para-hydroxylation sites is 1. The van der Waals surface area contributed by atoms with Crippen LogP contribution in [0.2, 0.25) is 0 Å². The van der Waals surface area contributed by atoms with Gasteiger partial charge in [-0.05, 0) is 50.1 Å². The number of anilines is 1. The Morgan fingerprint density at radius 2 is 1.70 bits per heavy atom. The zero-order valence-corrected chi connectivity index (χ0v) is 17.8. The fourth-order valence-corrected chi connectivity index (χ4v) is 2.87. The van der Waals surface area contributed by atoms with Gasteiger partial charge >= 0.3 is 0 Å². The first-order valence-corrected chi connectivity index (χ1v) is 10.1. The van der Waals surface area contributed by atoms with E-state index in [1.807, 2.05) is 32.0 Å². The number of amides is 2. The Morgan fingerprint density at radius 3 is 2.43 bits per heavy atom. The van der Waals surface area contributed by atoms with Crippen LogP contribution in [0, 0.1) is 0 Å². The largest absolute Gasteiger partial charge is 0.490 e. The second-order valence-electron chi connectivity index (χ2n) is 6.49. The summed E-state index contributed by atoms with van der Waals surface area (Å²) in [5.41, 5.74) is 1.88. The molecule has 0 saturated carbocycles. The zero-order chi connectivity index (χ0) is 21.8. The predicted octanol–water partition coefficient (Wildman–Crippen LogP) is 3.43. The monoisotopic (exact) mass is 414 g/mol. The smallest absolute Gasteiger partial charge is 0.253 e. The summed E-state index contributed by atoms with van der Waals surface area (Å²) >= 11 is 0. The molecule has 7 heteroatoms. The first kappa shape index (κ1) is 23.2. The normalized spacial score (nSPS) is 10.4. The quantitative estimate of drug-likeness (QED) is 0.520. The van der Waals surface area contributed by atoms with E-state index in [9.17, 15) is 9.59 Å². The molecule has 0 heterocycles. The van der Waals surface area contributed by atoms with E-state index in [0.29, 0.717) is 55.5 Å². The van der Waals surface area contributed by atoms with Crippen LogP contribution in [0.15, 0.2) is 42.5 Å². The van der Waals surface area contributed by atoms with Crippen molar-refractivity contribution >= 4 is 17.5 Å². The number of rotatable bonds is 12. The molecule has 0 bridgehead atoms. The van der Waals surface area contributed by atoms with Crippen molar-refractivity contribution in [3.8, 4) is 11.5 Å². The summed E-state index contributed by atoms with van der Waals surface area (Å²) in [5, 5.41) is 5.60. The highest BCUT2D eigenvalue weighted by atomic mass is 16.5. The van der Waals surface area contributed by atoms with Crippen LogP contribution in [0.4, 0.5) is 5.69 Å². The van der Waals surface area contributed by atoms with E-state index in [4.69, 9.17) is 14.2 Å². The van der Waals surface area contributed by atoms with Crippen LogP contribution >= 0.6 is 0 Å². The molecule has 0 aromatic heterocycles. The third-order valence-corrected chi connectivity index (χ3v) is 4.29. The van der Waals surface area contributed by atoms with Crippen LogP contribution in [-0.4, -0.2) is 45.3 Å². The minimum Gasteiger partial charge on any atom is -0.490 e. The number of hydrogen-bond acceptors (Lipinski definition) is 5. The van der Waals surface area contributed by atoms with E-state index in [0.717, 1.165) is 5.56 Å². The fraction of sp³-hybridized carbons (Fsp3) is 0.391. The Balaban J connectivity index is 1.98. The van der Waals surface area contributed by atoms with Crippen molar-refractivity contribution in [2.45, 2.75) is 26.7 Å². The van der Waals surface area contributed by atoms with E-state index < -0.39 is 0 Å². The minimum atomic E-state index is -0.254. The maximum atomic E-state index is 12.5. The number of aryl methyl sites for hydroxylation is 1. The maximum absolute atomic E-state index is 12.5. The van der Waals surface area contributed by atoms with E-state index in [2.05, 4.69) is 10.6 Å². The van der Waals surface area contributed by atoms with Gasteiger partial charge in [-0.25, -0.2) is 0 Å². The van der Waals surface area contributed by atoms with Gasteiger partial charge in [0.05, 0.1) is 31.1 Å². The molecular weight excluding hydrogens is 384 g/mol. The van der Waals surface area contributed by atoms with Crippen LogP contribution in [0.5, 0.6) is 11.5 Å². The second kappa shape index (κ2) is 12.5. The number of benzene rings is 2. The molecule has 2 aromatic rings. The van der Waals surface area contributed by atoms with Gasteiger partial charge in [0.1, 0.15) is 0 Å². The van der Waals surface area contributed by atoms with Gasteiger partial charge in [0.25, 0.3) is 5.91 Å². The molecule has 0 radical (unpaired) electrons. The standard InChI is InChI=1S/C23H30N2O5/c1-4-29-20-12-10-17(16-21(20)30-5-2)11-13-22(26)25-19-9-7-6-8-18(19)23(27)24-14-15-28-3/h6-10,12,16H,4-5,11,13-15H2,1-3H3,(H,24,27)(H,25,26). The first-order chi connectivity index (χ1) is 14.6. The molecule has 0 aliphatic carbocycles. The van der Waals surface area contributed by atoms with Crippen LogP contribution in [0.1, 0.15) is 36.2 Å². The molecule has 162 valence electrons. The summed E-state index contributed by atoms with van der Waals surface area (Å²) in [7, 11) is 1.57. The second-order valence-corrected chi connectivity index (χ2v) is 6.49. The van der Waals surface area contributed by atoms with Crippen LogP contribution in [0.25, 0.3) is 0 Å². The van der Waals surface area contributed by atoms with Crippen molar-refractivity contribution in [3.05, 3.63) is 53.6 Å². The molecule has 7 nitrogen and oxygen atoms in total. The Bertz CT molecular complexity index is 838. The Labute approximate surface area is 177 Å². The molecule has 0 unspecified atom stereocenters. The number of ether oxygens (including phenoxy) is 3. The van der Waals surface area contributed by atoms with Crippen molar-refractivity contribution in [2.24, 2.45) is 0 Å². The lowest BCUT2D eigenvalue weighted by Gasteiger charge is -2.13. The minimum absolute atomic E-state index is 0.168. The molecular formula is C23H30N2O5. The SMILES string of the molecule is CCOc1ccc(CCC(=O)Nc2ccccc2C(=O)NCCOC)cc1OCC. The Kier molecular flexibility index (Phi) is 9.67. The van der Waals surface area contributed by atoms with Gasteiger partial charge in [0.2, 0.25) is 5.91 Å². The van der Waals surface area contributed by atoms with Gasteiger partial charge in [0.15, 0.2) is 11.5 Å². The lowest BCUT2D eigenvalue weighted by atomic mass is 10.1. The van der Waals surface area contributed by atoms with Crippen molar-refractivity contribution < 1.29 is 23.8 Å². The van der Waals surface area contributed by atoms with Gasteiger partial charge < -0.3 is 24.8 Å². The van der Waals surface area contributed by atoms with E-state index in [1.54, 1.807) is 31.4 Å². The Hall–Kier alpha value is -3.06. The van der Waals surface area contributed by atoms with Gasteiger partial charge in [0, 0.05) is 20.1 Å². The van der Waals surface area contributed by atoms with Crippen LogP contribution in [-0.2, 0) is 16.0 Å². The number of carbonyl (C=O) groups excluding carboxylic acids is 2. The molecule has 2 rings (SSSR count).